The van der Waals surface area contributed by atoms with Crippen molar-refractivity contribution in [2.24, 2.45) is 5.92 Å². The normalized spacial score (nSPS) is 20.3. The summed E-state index contributed by atoms with van der Waals surface area (Å²) in [7, 11) is 0. The molecule has 2 atom stereocenters. The van der Waals surface area contributed by atoms with Crippen LogP contribution in [0.25, 0.3) is 0 Å². The van der Waals surface area contributed by atoms with Crippen LogP contribution in [0.2, 0.25) is 5.02 Å². The van der Waals surface area contributed by atoms with E-state index in [9.17, 15) is 4.79 Å². The summed E-state index contributed by atoms with van der Waals surface area (Å²) in [6.07, 6.45) is 4.62. The Morgan fingerprint density at radius 3 is 2.48 bits per heavy atom. The molecule has 1 amide bonds. The topological polar surface area (TPSA) is 47.6 Å². The highest BCUT2D eigenvalue weighted by Gasteiger charge is 2.33. The molecule has 4 nitrogen and oxygen atoms in total. The lowest BCUT2D eigenvalue weighted by Gasteiger charge is -2.19. The summed E-state index contributed by atoms with van der Waals surface area (Å²) < 4.78 is 11.3. The summed E-state index contributed by atoms with van der Waals surface area (Å²) in [5, 5.41) is 3.89. The van der Waals surface area contributed by atoms with Gasteiger partial charge in [-0.1, -0.05) is 23.7 Å². The van der Waals surface area contributed by atoms with Gasteiger partial charge in [-0.05, 0) is 73.6 Å². The fraction of sp³-hybridized carbons (Fsp3) is 0.409. The van der Waals surface area contributed by atoms with E-state index < -0.39 is 0 Å². The molecule has 1 heterocycles. The minimum Gasteiger partial charge on any atom is -0.491 e. The molecule has 4 rings (SSSR count). The van der Waals surface area contributed by atoms with Crippen LogP contribution in [0.15, 0.2) is 48.5 Å². The molecule has 0 spiro atoms. The van der Waals surface area contributed by atoms with Crippen molar-refractivity contribution in [3.8, 4) is 5.75 Å². The second-order valence-electron chi connectivity index (χ2n) is 7.31. The summed E-state index contributed by atoms with van der Waals surface area (Å²) >= 11 is 5.99. The van der Waals surface area contributed by atoms with Gasteiger partial charge in [0.25, 0.3) is 5.91 Å². The number of hydrogen-bond donors (Lipinski definition) is 1. The van der Waals surface area contributed by atoms with E-state index in [-0.39, 0.29) is 18.1 Å². The molecular formula is C22H24ClNO3. The Bertz CT molecular complexity index is 765. The summed E-state index contributed by atoms with van der Waals surface area (Å²) in [6, 6.07) is 15.1. The molecule has 2 aliphatic rings. The molecule has 1 saturated carbocycles. The molecule has 2 fully saturated rings. The second-order valence-corrected chi connectivity index (χ2v) is 7.75. The molecule has 1 aliphatic carbocycles. The van der Waals surface area contributed by atoms with Gasteiger partial charge in [0.15, 0.2) is 0 Å². The Morgan fingerprint density at radius 2 is 1.85 bits per heavy atom. The zero-order chi connectivity index (χ0) is 18.6. The first-order valence-electron chi connectivity index (χ1n) is 9.60. The number of benzene rings is 2. The van der Waals surface area contributed by atoms with Crippen LogP contribution >= 0.6 is 11.6 Å². The summed E-state index contributed by atoms with van der Waals surface area (Å²) in [6.45, 7) is 1.38. The van der Waals surface area contributed by atoms with E-state index in [0.29, 0.717) is 23.1 Å². The van der Waals surface area contributed by atoms with Crippen LogP contribution in [0.3, 0.4) is 0 Å². The largest absolute Gasteiger partial charge is 0.491 e. The van der Waals surface area contributed by atoms with Crippen LogP contribution in [-0.2, 0) is 4.74 Å². The minimum atomic E-state index is -0.0625. The van der Waals surface area contributed by atoms with Crippen LogP contribution in [0.1, 0.15) is 47.6 Å². The SMILES string of the molecule is O=C(N[C@H](c1ccc(Cl)cc1)C1CC1)c1ccc(OC[C@@H]2CCCO2)cc1. The molecule has 0 radical (unpaired) electrons. The average molecular weight is 386 g/mol. The number of nitrogens with one attached hydrogen (secondary N) is 1. The van der Waals surface area contributed by atoms with Crippen molar-refractivity contribution in [1.82, 2.24) is 5.32 Å². The molecule has 0 bridgehead atoms. The van der Waals surface area contributed by atoms with E-state index in [2.05, 4.69) is 5.32 Å². The molecule has 2 aromatic carbocycles. The predicted molar refractivity (Wildman–Crippen MR) is 105 cm³/mol. The molecular weight excluding hydrogens is 362 g/mol. The van der Waals surface area contributed by atoms with Gasteiger partial charge in [0, 0.05) is 17.2 Å². The molecule has 0 aromatic heterocycles. The number of halogens is 1. The first-order chi connectivity index (χ1) is 13.2. The Morgan fingerprint density at radius 1 is 1.11 bits per heavy atom. The van der Waals surface area contributed by atoms with Crippen molar-refractivity contribution in [1.29, 1.82) is 0 Å². The highest BCUT2D eigenvalue weighted by Crippen LogP contribution is 2.41. The zero-order valence-electron chi connectivity index (χ0n) is 15.2. The quantitative estimate of drug-likeness (QED) is 0.746. The summed E-state index contributed by atoms with van der Waals surface area (Å²) in [4.78, 5) is 12.7. The molecule has 1 aliphatic heterocycles. The van der Waals surface area contributed by atoms with E-state index in [1.54, 1.807) is 0 Å². The van der Waals surface area contributed by atoms with Crippen LogP contribution in [0.4, 0.5) is 0 Å². The maximum Gasteiger partial charge on any atom is 0.251 e. The molecule has 2 aromatic rings. The Labute approximate surface area is 164 Å². The van der Waals surface area contributed by atoms with Gasteiger partial charge >= 0.3 is 0 Å². The van der Waals surface area contributed by atoms with Gasteiger partial charge < -0.3 is 14.8 Å². The Hall–Kier alpha value is -2.04. The Kier molecular flexibility index (Phi) is 5.65. The van der Waals surface area contributed by atoms with Gasteiger partial charge in [-0.25, -0.2) is 0 Å². The maximum atomic E-state index is 12.7. The van der Waals surface area contributed by atoms with E-state index in [4.69, 9.17) is 21.1 Å². The third kappa shape index (κ3) is 4.82. The number of amides is 1. The van der Waals surface area contributed by atoms with Gasteiger partial charge in [-0.2, -0.15) is 0 Å². The Balaban J connectivity index is 1.37. The smallest absolute Gasteiger partial charge is 0.251 e. The van der Waals surface area contributed by atoms with Crippen molar-refractivity contribution in [2.75, 3.05) is 13.2 Å². The maximum absolute atomic E-state index is 12.7. The lowest BCUT2D eigenvalue weighted by molar-refractivity contribution is 0.0679. The third-order valence-corrected chi connectivity index (χ3v) is 5.44. The molecule has 1 N–H and O–H groups in total. The molecule has 27 heavy (non-hydrogen) atoms. The number of rotatable bonds is 7. The fourth-order valence-corrected chi connectivity index (χ4v) is 3.59. The standard InChI is InChI=1S/C22H24ClNO3/c23-18-9-5-16(6-10-18)21(15-3-4-15)24-22(25)17-7-11-19(12-8-17)27-14-20-2-1-13-26-20/h5-12,15,20-21H,1-4,13-14H2,(H,24,25)/t20-,21-/m0/s1. The molecule has 5 heteroatoms. The third-order valence-electron chi connectivity index (χ3n) is 5.19. The van der Waals surface area contributed by atoms with E-state index >= 15 is 0 Å². The van der Waals surface area contributed by atoms with Gasteiger partial charge in [0.2, 0.25) is 0 Å². The van der Waals surface area contributed by atoms with E-state index in [0.717, 1.165) is 43.6 Å². The van der Waals surface area contributed by atoms with Crippen molar-refractivity contribution < 1.29 is 14.3 Å². The van der Waals surface area contributed by atoms with Crippen molar-refractivity contribution in [3.05, 3.63) is 64.7 Å². The summed E-state index contributed by atoms with van der Waals surface area (Å²) in [5.74, 6) is 1.20. The number of carbonyl (C=O) groups excluding carboxylic acids is 1. The van der Waals surface area contributed by atoms with Crippen LogP contribution < -0.4 is 10.1 Å². The van der Waals surface area contributed by atoms with Crippen LogP contribution in [-0.4, -0.2) is 25.2 Å². The highest BCUT2D eigenvalue weighted by molar-refractivity contribution is 6.30. The van der Waals surface area contributed by atoms with Crippen molar-refractivity contribution in [3.63, 3.8) is 0 Å². The van der Waals surface area contributed by atoms with Crippen molar-refractivity contribution in [2.45, 2.75) is 37.8 Å². The lowest BCUT2D eigenvalue weighted by Crippen LogP contribution is -2.29. The number of carbonyl (C=O) groups is 1. The highest BCUT2D eigenvalue weighted by atomic mass is 35.5. The van der Waals surface area contributed by atoms with Gasteiger partial charge in [0.1, 0.15) is 12.4 Å². The monoisotopic (exact) mass is 385 g/mol. The molecule has 0 unspecified atom stereocenters. The van der Waals surface area contributed by atoms with Crippen molar-refractivity contribution >= 4 is 17.5 Å². The fourth-order valence-electron chi connectivity index (χ4n) is 3.47. The van der Waals surface area contributed by atoms with E-state index in [1.807, 2.05) is 48.5 Å². The molecule has 142 valence electrons. The summed E-state index contributed by atoms with van der Waals surface area (Å²) in [5.41, 5.74) is 1.74. The van der Waals surface area contributed by atoms with Crippen LogP contribution in [0.5, 0.6) is 5.75 Å². The number of ether oxygens (including phenoxy) is 2. The van der Waals surface area contributed by atoms with Gasteiger partial charge in [-0.3, -0.25) is 4.79 Å². The van der Waals surface area contributed by atoms with E-state index in [1.165, 1.54) is 0 Å². The minimum absolute atomic E-state index is 0.0326. The second kappa shape index (κ2) is 8.32. The first kappa shape index (κ1) is 18.3. The zero-order valence-corrected chi connectivity index (χ0v) is 16.0. The average Bonchev–Trinajstić information content (AvgIpc) is 3.40. The van der Waals surface area contributed by atoms with Gasteiger partial charge in [0.05, 0.1) is 12.1 Å². The first-order valence-corrected chi connectivity index (χ1v) is 9.97. The van der Waals surface area contributed by atoms with Gasteiger partial charge in [-0.15, -0.1) is 0 Å². The lowest BCUT2D eigenvalue weighted by atomic mass is 10.0. The van der Waals surface area contributed by atoms with Crippen LogP contribution in [0, 0.1) is 5.92 Å². The molecule has 1 saturated heterocycles. The predicted octanol–water partition coefficient (Wildman–Crippen LogP) is 4.78. The number of hydrogen-bond acceptors (Lipinski definition) is 3.